The molecule has 0 aliphatic carbocycles. The fourth-order valence-electron chi connectivity index (χ4n) is 4.03. The van der Waals surface area contributed by atoms with Crippen LogP contribution in [-0.2, 0) is 75.6 Å². The average molecular weight is 1840 g/mol. The molecular formula is C61H129B5O19P12S5Y. The molecule has 0 fully saturated rings. The van der Waals surface area contributed by atoms with E-state index >= 15 is 0 Å². The van der Waals surface area contributed by atoms with Crippen LogP contribution in [0.25, 0.3) is 0 Å². The summed E-state index contributed by atoms with van der Waals surface area (Å²) in [7, 11) is 9.49. The van der Waals surface area contributed by atoms with Gasteiger partial charge in [-0.2, -0.15) is 146 Å². The molecule has 12 unspecified atom stereocenters. The van der Waals surface area contributed by atoms with Crippen LogP contribution in [0.2, 0.25) is 0 Å². The first-order valence-corrected chi connectivity index (χ1v) is 24.2. The van der Waals surface area contributed by atoms with Crippen LogP contribution >= 0.6 is 182 Å². The first kappa shape index (κ1) is 200. The number of carbonyl (C=O) groups is 6. The van der Waals surface area contributed by atoms with Crippen molar-refractivity contribution in [2.24, 2.45) is 0 Å². The zero-order valence-corrected chi connectivity index (χ0v) is 72.5. The van der Waals surface area contributed by atoms with Gasteiger partial charge in [0, 0.05) is 32.7 Å². The monoisotopic (exact) mass is 1840 g/mol. The van der Waals surface area contributed by atoms with Gasteiger partial charge in [-0.1, -0.05) is 235 Å². The standard InChI is InChI=1S/C14H10O4.4C7H6O2.C6H6.CO2.12CH4.5BH2OP.7H3P.5H2S.Y/c15-13(11-7-3-1-4-8-11)17-18-14(16)12-9-5-2-6-10-12;4*8-7(9)6-4-2-1-3-5-6;1-2-4-6-5-3-1;2-1-3;;;;;;;;;;;;;5*2-1-3;;;;;;;;;;;;;/h1-10H;4*1-5H,(H,8,9);1-6H;;12*1H4;5*3H2;7*1H3;5*1H2;. The number of rotatable bonds is 6. The van der Waals surface area contributed by atoms with Crippen molar-refractivity contribution in [1.29, 1.82) is 0 Å². The van der Waals surface area contributed by atoms with Crippen molar-refractivity contribution in [2.75, 3.05) is 0 Å². The van der Waals surface area contributed by atoms with E-state index in [1.807, 2.05) is 82.0 Å². The smallest absolute Gasteiger partial charge is 0.386 e. The molecule has 595 valence electrons. The normalized spacial score (nSPS) is 5.76. The van der Waals surface area contributed by atoms with Gasteiger partial charge in [0.15, 0.2) is 0 Å². The Hall–Kier alpha value is -1.92. The van der Waals surface area contributed by atoms with Gasteiger partial charge in [0.2, 0.25) is 0 Å². The first-order valence-electron chi connectivity index (χ1n) is 20.9. The van der Waals surface area contributed by atoms with Gasteiger partial charge in [-0.05, 0) is 72.8 Å². The number of hydrogen-bond donors (Lipinski definition) is 4. The van der Waals surface area contributed by atoms with Crippen molar-refractivity contribution in [1.82, 2.24) is 0 Å². The molecule has 0 spiro atoms. The zero-order valence-electron chi connectivity index (χ0n) is 49.0. The van der Waals surface area contributed by atoms with E-state index in [0.29, 0.717) is 67.7 Å². The van der Waals surface area contributed by atoms with Crippen LogP contribution in [0.4, 0.5) is 0 Å². The summed E-state index contributed by atoms with van der Waals surface area (Å²) in [4.78, 5) is 88.9. The van der Waals surface area contributed by atoms with Crippen LogP contribution in [0.5, 0.6) is 0 Å². The summed E-state index contributed by atoms with van der Waals surface area (Å²) in [6.07, 6.45) is 0.250. The second kappa shape index (κ2) is 161. The van der Waals surface area contributed by atoms with Gasteiger partial charge in [0.1, 0.15) is 0 Å². The molecule has 12 atom stereocenters. The van der Waals surface area contributed by atoms with Crippen molar-refractivity contribution in [3.05, 3.63) is 252 Å². The molecule has 0 saturated heterocycles. The molecule has 0 heterocycles. The van der Waals surface area contributed by atoms with E-state index in [1.165, 1.54) is 0 Å². The topological polar surface area (TPSA) is 321 Å². The molecule has 0 aliphatic rings. The Bertz CT molecular complexity index is 2450. The predicted octanol–water partition coefficient (Wildman–Crippen LogP) is 17.0. The van der Waals surface area contributed by atoms with Crippen LogP contribution < -0.4 is 0 Å². The van der Waals surface area contributed by atoms with Crippen molar-refractivity contribution in [3.8, 4) is 0 Å². The maximum atomic E-state index is 11.5. The quantitative estimate of drug-likeness (QED) is 0.0520. The van der Waals surface area contributed by atoms with Crippen LogP contribution in [0, 0.1) is 0 Å². The van der Waals surface area contributed by atoms with E-state index in [2.05, 4.69) is 9.78 Å². The molecule has 42 heteroatoms. The maximum Gasteiger partial charge on any atom is 0.386 e. The second-order valence-corrected chi connectivity index (χ2v) is 13.4. The maximum absolute atomic E-state index is 11.5. The number of benzene rings is 7. The Labute approximate surface area is 717 Å². The largest absolute Gasteiger partial charge is 0.478 e. The van der Waals surface area contributed by atoms with Gasteiger partial charge in [0.25, 0.3) is 0 Å². The van der Waals surface area contributed by atoms with E-state index in [1.54, 1.807) is 182 Å². The SMILES string of the molecule is C.C.C.C.C.C.C.C.C.C.C.C.O=BP.O=BP.O=BP.O=BP.O=BP.O=C(O)c1ccccc1.O=C(O)c1ccccc1.O=C(O)c1ccccc1.O=C(O)c1ccccc1.O=C(OOC(=O)c1ccccc1)c1ccccc1.O=C=O.P.P.P.P.P.P.P.S.S.S.S.S.[Y].c1ccccc1. The van der Waals surface area contributed by atoms with Crippen LogP contribution in [0.3, 0.4) is 0 Å². The van der Waals surface area contributed by atoms with Crippen LogP contribution in [0.1, 0.15) is 151 Å². The molecule has 103 heavy (non-hydrogen) atoms. The third kappa shape index (κ3) is 146. The van der Waals surface area contributed by atoms with Crippen molar-refractivity contribution in [3.63, 3.8) is 0 Å². The average Bonchev–Trinajstić information content (AvgIpc) is 3.46. The second-order valence-electron chi connectivity index (χ2n) is 12.1. The molecule has 7 aromatic rings. The summed E-state index contributed by atoms with van der Waals surface area (Å²) in [6, 6.07) is 61.8. The van der Waals surface area contributed by atoms with E-state index in [-0.39, 0.29) is 265 Å². The van der Waals surface area contributed by atoms with Gasteiger partial charge in [-0.3, -0.25) is 0 Å². The summed E-state index contributed by atoms with van der Waals surface area (Å²) in [5.74, 6) is -4.93. The summed E-state index contributed by atoms with van der Waals surface area (Å²) >= 11 is 0. The Balaban J connectivity index is -0.0000000206. The minimum atomic E-state index is -0.879. The van der Waals surface area contributed by atoms with E-state index in [0.717, 1.165) is 0 Å². The van der Waals surface area contributed by atoms with Gasteiger partial charge < -0.3 is 20.4 Å². The Morgan fingerprint density at radius 2 is 0.330 bits per heavy atom. The number of carboxylic acids is 4. The molecule has 0 aromatic heterocycles. The molecule has 19 nitrogen and oxygen atoms in total. The third-order valence-corrected chi connectivity index (χ3v) is 6.96. The molecule has 0 bridgehead atoms. The number of aromatic carboxylic acids is 4. The molecule has 0 aliphatic heterocycles. The predicted molar refractivity (Wildman–Crippen MR) is 520 cm³/mol. The van der Waals surface area contributed by atoms with Crippen LogP contribution in [-0.4, -0.2) is 96.7 Å². The molecule has 0 amide bonds. The first-order chi connectivity index (χ1) is 37.5. The number of hydrogen-bond acceptors (Lipinski definition) is 15. The molecule has 4 N–H and O–H groups in total. The minimum absolute atomic E-state index is 0. The van der Waals surface area contributed by atoms with Gasteiger partial charge in [0.05, 0.1) is 33.4 Å². The summed E-state index contributed by atoms with van der Waals surface area (Å²) < 4.78 is 43.8. The number of carbonyl (C=O) groups excluding carboxylic acids is 4. The Kier molecular flexibility index (Phi) is 314. The fraction of sp³-hybridized carbons (Fsp3) is 0.197. The molecule has 0 saturated carbocycles. The summed E-state index contributed by atoms with van der Waals surface area (Å²) in [6.45, 7) is 3.33. The van der Waals surface area contributed by atoms with Crippen LogP contribution in [0.15, 0.2) is 218 Å². The van der Waals surface area contributed by atoms with Crippen molar-refractivity contribution >= 4 is 259 Å². The van der Waals surface area contributed by atoms with Gasteiger partial charge in [-0.25, -0.2) is 38.5 Å². The summed E-state index contributed by atoms with van der Waals surface area (Å²) in [5, 5.41) is 33.5. The third-order valence-electron chi connectivity index (χ3n) is 6.96. The van der Waals surface area contributed by atoms with Crippen molar-refractivity contribution < 1.29 is 125 Å². The van der Waals surface area contributed by atoms with E-state index in [9.17, 15) is 28.8 Å². The fourth-order valence-corrected chi connectivity index (χ4v) is 4.03. The van der Waals surface area contributed by atoms with E-state index < -0.39 is 35.8 Å². The van der Waals surface area contributed by atoms with Gasteiger partial charge >= 0.3 is 145 Å². The summed E-state index contributed by atoms with van der Waals surface area (Å²) in [5.41, 5.74) is 1.96. The number of carboxylic acid groups (broad SMARTS) is 4. The zero-order chi connectivity index (χ0) is 60.0. The minimum Gasteiger partial charge on any atom is -0.478 e. The van der Waals surface area contributed by atoms with E-state index in [4.69, 9.17) is 53.5 Å². The molecule has 7 rings (SSSR count). The molecular weight excluding hydrogens is 1710 g/mol. The van der Waals surface area contributed by atoms with Crippen molar-refractivity contribution in [2.45, 2.75) is 89.1 Å². The Morgan fingerprint density at radius 3 is 0.408 bits per heavy atom. The van der Waals surface area contributed by atoms with Gasteiger partial charge in [-0.15, -0.1) is 0 Å². The Morgan fingerprint density at radius 1 is 0.252 bits per heavy atom. The molecule has 1 radical (unpaired) electrons. The molecule has 7 aromatic carbocycles.